The highest BCUT2D eigenvalue weighted by molar-refractivity contribution is 6.37. The van der Waals surface area contributed by atoms with Crippen LogP contribution in [0.1, 0.15) is 80.2 Å². The number of hydrogen-bond acceptors (Lipinski definition) is 6. The molecule has 48 heavy (non-hydrogen) atoms. The minimum Gasteiger partial charge on any atom is -0.363 e. The van der Waals surface area contributed by atoms with Gasteiger partial charge in [0.1, 0.15) is 18.1 Å². The molecule has 12 nitrogen and oxygen atoms in total. The van der Waals surface area contributed by atoms with E-state index in [1.165, 1.54) is 4.90 Å². The largest absolute Gasteiger partial charge is 0.363 e. The molecule has 0 aromatic heterocycles. The van der Waals surface area contributed by atoms with Crippen molar-refractivity contribution >= 4 is 41.1 Å². The summed E-state index contributed by atoms with van der Waals surface area (Å²) in [6.07, 6.45) is 2.13. The van der Waals surface area contributed by atoms with Crippen LogP contribution in [-0.4, -0.2) is 71.1 Å². The summed E-state index contributed by atoms with van der Waals surface area (Å²) in [6.45, 7) is 19.2. The zero-order valence-corrected chi connectivity index (χ0v) is 29.4. The SMILES string of the molecule is C=C(NC(=O)[C@@H](NC(=O)N[C@H](C(=O)N1C[C@H]2[C@@H]([C@H]1C(=O)NC(CC1CC1)C(=O)C(N)=O)C2(C)C)C(C)(C)C)C(C)(C)C)c1ccccc1. The molecule has 1 aromatic carbocycles. The van der Waals surface area contributed by atoms with Gasteiger partial charge in [-0.05, 0) is 46.0 Å². The van der Waals surface area contributed by atoms with Crippen LogP contribution in [0.3, 0.4) is 0 Å². The topological polar surface area (TPSA) is 180 Å². The average molecular weight is 665 g/mol. The van der Waals surface area contributed by atoms with Gasteiger partial charge in [-0.2, -0.15) is 0 Å². The summed E-state index contributed by atoms with van der Waals surface area (Å²) in [5.41, 5.74) is 4.72. The van der Waals surface area contributed by atoms with Gasteiger partial charge < -0.3 is 31.9 Å². The van der Waals surface area contributed by atoms with E-state index in [2.05, 4.69) is 27.8 Å². The summed E-state index contributed by atoms with van der Waals surface area (Å²) in [5.74, 6) is -3.27. The van der Waals surface area contributed by atoms with Gasteiger partial charge in [0.25, 0.3) is 5.91 Å². The molecule has 2 saturated carbocycles. The molecule has 4 rings (SSSR count). The van der Waals surface area contributed by atoms with E-state index in [1.807, 2.05) is 65.0 Å². The number of primary amides is 1. The van der Waals surface area contributed by atoms with Crippen molar-refractivity contribution in [2.24, 2.45) is 39.7 Å². The fraction of sp³-hybridized carbons (Fsp3) is 0.611. The van der Waals surface area contributed by atoms with Crippen molar-refractivity contribution in [2.45, 2.75) is 98.8 Å². The third-order valence-corrected chi connectivity index (χ3v) is 10.1. The van der Waals surface area contributed by atoms with E-state index in [0.29, 0.717) is 18.7 Å². The zero-order valence-electron chi connectivity index (χ0n) is 29.4. The second-order valence-electron chi connectivity index (χ2n) is 16.4. The smallest absolute Gasteiger partial charge is 0.316 e. The van der Waals surface area contributed by atoms with Crippen molar-refractivity contribution in [1.82, 2.24) is 26.2 Å². The van der Waals surface area contributed by atoms with Gasteiger partial charge in [0.15, 0.2) is 0 Å². The number of likely N-dealkylation sites (tertiary alicyclic amines) is 1. The number of rotatable bonds is 12. The minimum atomic E-state index is -1.11. The van der Waals surface area contributed by atoms with E-state index >= 15 is 0 Å². The highest BCUT2D eigenvalue weighted by atomic mass is 16.2. The predicted molar refractivity (Wildman–Crippen MR) is 182 cm³/mol. The van der Waals surface area contributed by atoms with Crippen LogP contribution in [0.2, 0.25) is 0 Å². The number of hydrogen-bond donors (Lipinski definition) is 5. The molecule has 0 spiro atoms. The quantitative estimate of drug-likeness (QED) is 0.214. The number of benzene rings is 1. The van der Waals surface area contributed by atoms with E-state index < -0.39 is 70.4 Å². The molecule has 6 N–H and O–H groups in total. The number of amides is 6. The standard InChI is InChI=1S/C36H52N6O6/c1-19(21-13-11-10-12-14-21)38-31(46)27(34(2,3)4)40-33(48)41-28(35(5,6)7)32(47)42-18-22-24(36(22,8)9)25(42)30(45)39-23(17-20-15-16-20)26(43)29(37)44/h10-14,20,22-25,27-28H,1,15-18H2,2-9H3,(H2,37,44)(H,38,46)(H,39,45)(H2,40,41,48)/t22-,23?,24-,25-,27+,28+/m0/s1. The maximum Gasteiger partial charge on any atom is 0.316 e. The van der Waals surface area contributed by atoms with Crippen LogP contribution >= 0.6 is 0 Å². The van der Waals surface area contributed by atoms with Gasteiger partial charge in [0.05, 0.1) is 6.04 Å². The Balaban J connectivity index is 1.51. The van der Waals surface area contributed by atoms with Crippen LogP contribution in [0, 0.1) is 34.0 Å². The number of carbonyl (C=O) groups is 6. The third kappa shape index (κ3) is 8.07. The minimum absolute atomic E-state index is 0.0482. The molecular formula is C36H52N6O6. The van der Waals surface area contributed by atoms with Crippen LogP contribution in [-0.2, 0) is 24.0 Å². The summed E-state index contributed by atoms with van der Waals surface area (Å²) in [6, 6.07) is 4.42. The lowest BCUT2D eigenvalue weighted by atomic mass is 9.84. The number of piperidine rings is 1. The molecule has 1 aliphatic heterocycles. The Labute approximate surface area is 283 Å². The van der Waals surface area contributed by atoms with Crippen molar-refractivity contribution in [1.29, 1.82) is 0 Å². The van der Waals surface area contributed by atoms with Crippen molar-refractivity contribution in [3.8, 4) is 0 Å². The number of Topliss-reactive ketones (excluding diaryl/α,β-unsaturated/α-hetero) is 1. The molecule has 1 aromatic rings. The molecule has 3 fully saturated rings. The number of carbonyl (C=O) groups excluding carboxylic acids is 6. The molecule has 2 aliphatic carbocycles. The lowest BCUT2D eigenvalue weighted by Crippen LogP contribution is -2.63. The molecule has 262 valence electrons. The Morgan fingerprint density at radius 3 is 2.00 bits per heavy atom. The first-order valence-electron chi connectivity index (χ1n) is 16.7. The van der Waals surface area contributed by atoms with Gasteiger partial charge in [0, 0.05) is 12.2 Å². The van der Waals surface area contributed by atoms with Gasteiger partial charge in [-0.1, -0.05) is 105 Å². The highest BCUT2D eigenvalue weighted by Crippen LogP contribution is 2.65. The van der Waals surface area contributed by atoms with E-state index in [1.54, 1.807) is 20.8 Å². The monoisotopic (exact) mass is 664 g/mol. The van der Waals surface area contributed by atoms with Gasteiger partial charge in [-0.15, -0.1) is 0 Å². The Morgan fingerprint density at radius 2 is 1.48 bits per heavy atom. The fourth-order valence-electron chi connectivity index (χ4n) is 6.89. The molecule has 0 radical (unpaired) electrons. The Kier molecular flexibility index (Phi) is 10.2. The Hall–Kier alpha value is -4.22. The first-order chi connectivity index (χ1) is 22.1. The maximum absolute atomic E-state index is 14.3. The number of urea groups is 1. The molecule has 1 heterocycles. The van der Waals surface area contributed by atoms with Gasteiger partial charge in [0.2, 0.25) is 23.5 Å². The lowest BCUT2D eigenvalue weighted by Gasteiger charge is -2.38. The fourth-order valence-corrected chi connectivity index (χ4v) is 6.89. The van der Waals surface area contributed by atoms with Crippen LogP contribution in [0.4, 0.5) is 4.79 Å². The molecule has 1 unspecified atom stereocenters. The first-order valence-corrected chi connectivity index (χ1v) is 16.7. The van der Waals surface area contributed by atoms with Crippen molar-refractivity contribution in [3.05, 3.63) is 42.5 Å². The predicted octanol–water partition coefficient (Wildman–Crippen LogP) is 2.72. The van der Waals surface area contributed by atoms with Gasteiger partial charge >= 0.3 is 6.03 Å². The number of nitrogens with two attached hydrogens (primary N) is 1. The molecular weight excluding hydrogens is 612 g/mol. The Bertz CT molecular complexity index is 1470. The van der Waals surface area contributed by atoms with Crippen LogP contribution in [0.25, 0.3) is 5.70 Å². The Morgan fingerprint density at radius 1 is 0.917 bits per heavy atom. The van der Waals surface area contributed by atoms with Crippen LogP contribution < -0.4 is 27.0 Å². The molecule has 6 amide bonds. The van der Waals surface area contributed by atoms with E-state index in [4.69, 9.17) is 5.73 Å². The number of nitrogens with zero attached hydrogens (tertiary/aromatic N) is 1. The maximum atomic E-state index is 14.3. The van der Waals surface area contributed by atoms with Gasteiger partial charge in [-0.25, -0.2) is 4.79 Å². The van der Waals surface area contributed by atoms with Crippen LogP contribution in [0.5, 0.6) is 0 Å². The zero-order chi connectivity index (χ0) is 35.9. The molecule has 3 aliphatic rings. The van der Waals surface area contributed by atoms with E-state index in [9.17, 15) is 28.8 Å². The van der Waals surface area contributed by atoms with Gasteiger partial charge in [-0.3, -0.25) is 24.0 Å². The number of fused-ring (bicyclic) bond motifs is 1. The number of ketones is 1. The van der Waals surface area contributed by atoms with E-state index in [-0.39, 0.29) is 23.2 Å². The second kappa shape index (κ2) is 13.4. The van der Waals surface area contributed by atoms with Crippen molar-refractivity contribution in [3.63, 3.8) is 0 Å². The van der Waals surface area contributed by atoms with Crippen LogP contribution in [0.15, 0.2) is 36.9 Å². The summed E-state index contributed by atoms with van der Waals surface area (Å²) in [5, 5.41) is 11.1. The van der Waals surface area contributed by atoms with E-state index in [0.717, 1.165) is 18.4 Å². The summed E-state index contributed by atoms with van der Waals surface area (Å²) in [7, 11) is 0. The first kappa shape index (κ1) is 36.6. The average Bonchev–Trinajstić information content (AvgIpc) is 3.84. The third-order valence-electron chi connectivity index (χ3n) is 10.1. The summed E-state index contributed by atoms with van der Waals surface area (Å²) in [4.78, 5) is 81.1. The molecule has 0 bridgehead atoms. The summed E-state index contributed by atoms with van der Waals surface area (Å²) >= 11 is 0. The van der Waals surface area contributed by atoms with Crippen molar-refractivity contribution in [2.75, 3.05) is 6.54 Å². The second-order valence-corrected chi connectivity index (χ2v) is 16.4. The molecule has 1 saturated heterocycles. The highest BCUT2D eigenvalue weighted by Gasteiger charge is 2.70. The lowest BCUT2D eigenvalue weighted by molar-refractivity contribution is -0.145. The summed E-state index contributed by atoms with van der Waals surface area (Å²) < 4.78 is 0. The number of nitrogens with one attached hydrogen (secondary N) is 4. The normalized spacial score (nSPS) is 23.1. The van der Waals surface area contributed by atoms with Crippen molar-refractivity contribution < 1.29 is 28.8 Å². The molecule has 6 atom stereocenters. The molecule has 12 heteroatoms.